The van der Waals surface area contributed by atoms with Crippen molar-refractivity contribution in [1.29, 1.82) is 0 Å². The van der Waals surface area contributed by atoms with Gasteiger partial charge in [-0.05, 0) is 29.2 Å². The van der Waals surface area contributed by atoms with Crippen LogP contribution in [0.3, 0.4) is 0 Å². The number of halogens is 3. The standard InChI is InChI=1S/C24H27F3N2OS/c1-14(2)16-8-6-7-9-17(16)20-21(31-22(28)29-20)15-10-11-18(25)19(12-15)30-13-24(26,27)23(3,4)5/h6-12,14H,13H2,1-5H3,(H2,28,29). The second kappa shape index (κ2) is 8.54. The molecule has 2 aromatic carbocycles. The fourth-order valence-corrected chi connectivity index (χ4v) is 3.91. The summed E-state index contributed by atoms with van der Waals surface area (Å²) in [5.41, 5.74) is 8.05. The largest absolute Gasteiger partial charge is 0.484 e. The quantitative estimate of drug-likeness (QED) is 0.428. The molecular weight excluding hydrogens is 421 g/mol. The molecule has 3 nitrogen and oxygen atoms in total. The van der Waals surface area contributed by atoms with Crippen LogP contribution in [0.1, 0.15) is 46.1 Å². The fourth-order valence-electron chi connectivity index (χ4n) is 3.07. The molecule has 0 amide bonds. The molecule has 0 aliphatic rings. The van der Waals surface area contributed by atoms with Gasteiger partial charge < -0.3 is 10.5 Å². The van der Waals surface area contributed by atoms with E-state index in [1.54, 1.807) is 6.07 Å². The summed E-state index contributed by atoms with van der Waals surface area (Å²) in [4.78, 5) is 5.25. The van der Waals surface area contributed by atoms with Gasteiger partial charge in [-0.1, -0.05) is 76.3 Å². The molecule has 1 heterocycles. The molecular formula is C24H27F3N2OS. The third-order valence-electron chi connectivity index (χ3n) is 5.18. The van der Waals surface area contributed by atoms with E-state index in [1.165, 1.54) is 44.2 Å². The summed E-state index contributed by atoms with van der Waals surface area (Å²) in [6.07, 6.45) is 0. The van der Waals surface area contributed by atoms with Crippen molar-refractivity contribution in [3.05, 3.63) is 53.8 Å². The molecule has 0 aliphatic carbocycles. The van der Waals surface area contributed by atoms with Crippen LogP contribution in [0.2, 0.25) is 0 Å². The van der Waals surface area contributed by atoms with Gasteiger partial charge in [-0.15, -0.1) is 0 Å². The normalized spacial score (nSPS) is 12.4. The molecule has 0 aliphatic heterocycles. The lowest BCUT2D eigenvalue weighted by Crippen LogP contribution is -2.39. The molecule has 0 bridgehead atoms. The van der Waals surface area contributed by atoms with Gasteiger partial charge >= 0.3 is 0 Å². The van der Waals surface area contributed by atoms with Crippen LogP contribution >= 0.6 is 11.3 Å². The van der Waals surface area contributed by atoms with Gasteiger partial charge in [0.15, 0.2) is 23.3 Å². The van der Waals surface area contributed by atoms with E-state index in [0.717, 1.165) is 16.0 Å². The summed E-state index contributed by atoms with van der Waals surface area (Å²) in [5, 5.41) is 0.370. The van der Waals surface area contributed by atoms with Gasteiger partial charge in [0, 0.05) is 11.0 Å². The van der Waals surface area contributed by atoms with Gasteiger partial charge in [-0.2, -0.15) is 0 Å². The van der Waals surface area contributed by atoms with E-state index in [0.29, 0.717) is 16.4 Å². The van der Waals surface area contributed by atoms with Crippen LogP contribution in [-0.2, 0) is 0 Å². The van der Waals surface area contributed by atoms with Gasteiger partial charge in [0.25, 0.3) is 5.92 Å². The molecule has 0 radical (unpaired) electrons. The van der Waals surface area contributed by atoms with Crippen LogP contribution in [0.25, 0.3) is 21.7 Å². The van der Waals surface area contributed by atoms with Crippen LogP contribution in [0.15, 0.2) is 42.5 Å². The highest BCUT2D eigenvalue weighted by molar-refractivity contribution is 7.19. The van der Waals surface area contributed by atoms with Crippen molar-refractivity contribution < 1.29 is 17.9 Å². The summed E-state index contributed by atoms with van der Waals surface area (Å²) in [5.74, 6) is -3.78. The lowest BCUT2D eigenvalue weighted by atomic mass is 9.88. The smallest absolute Gasteiger partial charge is 0.286 e. The molecule has 0 atom stereocenters. The van der Waals surface area contributed by atoms with E-state index in [9.17, 15) is 13.2 Å². The summed E-state index contributed by atoms with van der Waals surface area (Å²) < 4.78 is 48.2. The molecule has 1 aromatic heterocycles. The average Bonchev–Trinajstić information content (AvgIpc) is 3.08. The molecule has 0 saturated carbocycles. The average molecular weight is 449 g/mol. The molecule has 31 heavy (non-hydrogen) atoms. The number of alkyl halides is 2. The number of rotatable bonds is 6. The van der Waals surface area contributed by atoms with Crippen LogP contribution in [0.4, 0.5) is 18.3 Å². The molecule has 3 rings (SSSR count). The van der Waals surface area contributed by atoms with Gasteiger partial charge in [0.1, 0.15) is 0 Å². The van der Waals surface area contributed by atoms with E-state index in [2.05, 4.69) is 18.8 Å². The van der Waals surface area contributed by atoms with Gasteiger partial charge in [0.2, 0.25) is 0 Å². The summed E-state index contributed by atoms with van der Waals surface area (Å²) >= 11 is 1.27. The Kier molecular flexibility index (Phi) is 6.37. The van der Waals surface area contributed by atoms with Gasteiger partial charge in [-0.25, -0.2) is 18.2 Å². The van der Waals surface area contributed by atoms with Gasteiger partial charge in [-0.3, -0.25) is 0 Å². The number of benzene rings is 2. The third kappa shape index (κ3) is 4.87. The number of hydrogen-bond acceptors (Lipinski definition) is 4. The highest BCUT2D eigenvalue weighted by Crippen LogP contribution is 2.42. The van der Waals surface area contributed by atoms with E-state index >= 15 is 0 Å². The SMILES string of the molecule is CC(C)c1ccccc1-c1nc(N)sc1-c1ccc(F)c(OCC(F)(F)C(C)(C)C)c1. The Bertz CT molecular complexity index is 1070. The number of thiazole rings is 1. The molecule has 2 N–H and O–H groups in total. The van der Waals surface area contributed by atoms with Crippen molar-refractivity contribution in [2.24, 2.45) is 5.41 Å². The van der Waals surface area contributed by atoms with Crippen LogP contribution < -0.4 is 10.5 Å². The minimum absolute atomic E-state index is 0.225. The first-order chi connectivity index (χ1) is 14.4. The maximum absolute atomic E-state index is 14.3. The first kappa shape index (κ1) is 23.1. The lowest BCUT2D eigenvalue weighted by molar-refractivity contribution is -0.123. The predicted octanol–water partition coefficient (Wildman–Crippen LogP) is 7.38. The van der Waals surface area contributed by atoms with Crippen molar-refractivity contribution in [3.8, 4) is 27.4 Å². The van der Waals surface area contributed by atoms with Crippen molar-refractivity contribution in [2.45, 2.75) is 46.5 Å². The van der Waals surface area contributed by atoms with Crippen molar-refractivity contribution in [1.82, 2.24) is 4.98 Å². The molecule has 0 spiro atoms. The molecule has 0 fully saturated rings. The maximum atomic E-state index is 14.3. The highest BCUT2D eigenvalue weighted by atomic mass is 32.1. The third-order valence-corrected chi connectivity index (χ3v) is 6.11. The number of nitrogens with zero attached hydrogens (tertiary/aromatic N) is 1. The number of nitrogens with two attached hydrogens (primary N) is 1. The van der Waals surface area contributed by atoms with Crippen molar-refractivity contribution in [3.63, 3.8) is 0 Å². The number of aromatic nitrogens is 1. The topological polar surface area (TPSA) is 48.1 Å². The summed E-state index contributed by atoms with van der Waals surface area (Å²) in [6, 6.07) is 12.1. The Balaban J connectivity index is 2.02. The number of nitrogen functional groups attached to an aromatic ring is 1. The highest BCUT2D eigenvalue weighted by Gasteiger charge is 2.44. The first-order valence-electron chi connectivity index (χ1n) is 10.1. The number of anilines is 1. The minimum Gasteiger partial charge on any atom is -0.484 e. The summed E-state index contributed by atoms with van der Waals surface area (Å²) in [6.45, 7) is 7.52. The monoisotopic (exact) mass is 448 g/mol. The second-order valence-electron chi connectivity index (χ2n) is 8.86. The molecule has 3 aromatic rings. The van der Waals surface area contributed by atoms with Crippen LogP contribution in [-0.4, -0.2) is 17.5 Å². The van der Waals surface area contributed by atoms with Crippen LogP contribution in [0.5, 0.6) is 5.75 Å². The Hall–Kier alpha value is -2.54. The molecule has 7 heteroatoms. The van der Waals surface area contributed by atoms with Crippen LogP contribution in [0, 0.1) is 11.2 Å². The maximum Gasteiger partial charge on any atom is 0.286 e. The zero-order valence-corrected chi connectivity index (χ0v) is 19.1. The summed E-state index contributed by atoms with van der Waals surface area (Å²) in [7, 11) is 0. The van der Waals surface area contributed by atoms with E-state index in [-0.39, 0.29) is 11.7 Å². The molecule has 166 valence electrons. The molecule has 0 unspecified atom stereocenters. The minimum atomic E-state index is -3.12. The number of ether oxygens (including phenoxy) is 1. The first-order valence-corrected chi connectivity index (χ1v) is 10.9. The van der Waals surface area contributed by atoms with Crippen molar-refractivity contribution >= 4 is 16.5 Å². The Morgan fingerprint density at radius 1 is 1.10 bits per heavy atom. The Morgan fingerprint density at radius 3 is 2.42 bits per heavy atom. The number of hydrogen-bond donors (Lipinski definition) is 1. The predicted molar refractivity (Wildman–Crippen MR) is 121 cm³/mol. The Morgan fingerprint density at radius 2 is 1.77 bits per heavy atom. The lowest BCUT2D eigenvalue weighted by Gasteiger charge is -2.30. The van der Waals surface area contributed by atoms with E-state index in [1.807, 2.05) is 24.3 Å². The van der Waals surface area contributed by atoms with E-state index in [4.69, 9.17) is 10.5 Å². The van der Waals surface area contributed by atoms with Gasteiger partial charge in [0.05, 0.1) is 10.6 Å². The van der Waals surface area contributed by atoms with E-state index < -0.39 is 23.8 Å². The zero-order chi connectivity index (χ0) is 23.0. The fraction of sp³-hybridized carbons (Fsp3) is 0.375. The second-order valence-corrected chi connectivity index (χ2v) is 9.89. The Labute approximate surface area is 185 Å². The molecule has 0 saturated heterocycles. The zero-order valence-electron chi connectivity index (χ0n) is 18.3. The van der Waals surface area contributed by atoms with Crippen molar-refractivity contribution in [2.75, 3.05) is 12.3 Å².